The number of hydrogen-bond acceptors (Lipinski definition) is 2. The molecule has 1 aromatic rings. The fraction of sp³-hybridized carbons (Fsp3) is 0.111. The highest BCUT2D eigenvalue weighted by Crippen LogP contribution is 2.17. The molecule has 66 valence electrons. The van der Waals surface area contributed by atoms with Gasteiger partial charge in [-0.05, 0) is 17.7 Å². The number of benzene rings is 1. The summed E-state index contributed by atoms with van der Waals surface area (Å²) in [4.78, 5) is 0.185. The minimum Gasteiger partial charge on any atom is -0.392 e. The van der Waals surface area contributed by atoms with Crippen molar-refractivity contribution in [3.05, 3.63) is 34.9 Å². The largest absolute Gasteiger partial charge is 0.392 e. The van der Waals surface area contributed by atoms with Crippen LogP contribution >= 0.6 is 23.8 Å². The number of rotatable bonds is 2. The van der Waals surface area contributed by atoms with E-state index in [1.807, 2.05) is 6.07 Å². The molecule has 1 rings (SSSR count). The zero-order valence-corrected chi connectivity index (χ0v) is 8.27. The van der Waals surface area contributed by atoms with Crippen LogP contribution in [0.5, 0.6) is 0 Å². The number of nitriles is 1. The lowest BCUT2D eigenvalue weighted by Gasteiger charge is -2.06. The lowest BCUT2D eigenvalue weighted by Crippen LogP contribution is -2.17. The molecule has 0 radical (unpaired) electrons. The normalized spacial score (nSPS) is 11.7. The van der Waals surface area contributed by atoms with Gasteiger partial charge in [0.1, 0.15) is 5.92 Å². The molecular formula is C9H7ClN2S. The van der Waals surface area contributed by atoms with Gasteiger partial charge in [-0.1, -0.05) is 36.0 Å². The average molecular weight is 211 g/mol. The first-order valence-corrected chi connectivity index (χ1v) is 4.38. The summed E-state index contributed by atoms with van der Waals surface area (Å²) >= 11 is 10.4. The molecule has 13 heavy (non-hydrogen) atoms. The maximum atomic E-state index is 8.77. The summed E-state index contributed by atoms with van der Waals surface area (Å²) in [7, 11) is 0. The molecule has 2 nitrogen and oxygen atoms in total. The van der Waals surface area contributed by atoms with Gasteiger partial charge in [-0.15, -0.1) is 0 Å². The summed E-state index contributed by atoms with van der Waals surface area (Å²) in [6, 6.07) is 8.93. The first-order chi connectivity index (χ1) is 6.15. The third kappa shape index (κ3) is 2.41. The van der Waals surface area contributed by atoms with Crippen molar-refractivity contribution in [1.29, 1.82) is 5.26 Å². The van der Waals surface area contributed by atoms with E-state index in [-0.39, 0.29) is 4.99 Å². The number of halogens is 1. The molecule has 0 bridgehead atoms. The zero-order valence-electron chi connectivity index (χ0n) is 6.70. The third-order valence-corrected chi connectivity index (χ3v) is 2.10. The van der Waals surface area contributed by atoms with Gasteiger partial charge in [0.05, 0.1) is 11.1 Å². The Morgan fingerprint density at radius 1 is 1.46 bits per heavy atom. The highest BCUT2D eigenvalue weighted by atomic mass is 35.5. The van der Waals surface area contributed by atoms with E-state index in [0.717, 1.165) is 5.56 Å². The Kier molecular flexibility index (Phi) is 3.24. The van der Waals surface area contributed by atoms with Crippen molar-refractivity contribution in [3.8, 4) is 6.07 Å². The maximum Gasteiger partial charge on any atom is 0.121 e. The summed E-state index contributed by atoms with van der Waals surface area (Å²) in [6.07, 6.45) is 0. The van der Waals surface area contributed by atoms with E-state index in [1.165, 1.54) is 0 Å². The number of nitrogens with zero attached hydrogens (tertiary/aromatic N) is 1. The maximum absolute atomic E-state index is 8.77. The van der Waals surface area contributed by atoms with Crippen LogP contribution in [0.15, 0.2) is 24.3 Å². The zero-order chi connectivity index (χ0) is 9.84. The molecular weight excluding hydrogens is 204 g/mol. The summed E-state index contributed by atoms with van der Waals surface area (Å²) in [5, 5.41) is 9.40. The van der Waals surface area contributed by atoms with E-state index >= 15 is 0 Å². The highest BCUT2D eigenvalue weighted by molar-refractivity contribution is 7.80. The fourth-order valence-corrected chi connectivity index (χ4v) is 1.27. The van der Waals surface area contributed by atoms with Crippen LogP contribution in [0.1, 0.15) is 11.5 Å². The molecule has 0 aromatic heterocycles. The van der Waals surface area contributed by atoms with E-state index in [9.17, 15) is 0 Å². The van der Waals surface area contributed by atoms with Crippen molar-refractivity contribution in [1.82, 2.24) is 0 Å². The molecule has 0 aliphatic heterocycles. The van der Waals surface area contributed by atoms with Crippen LogP contribution < -0.4 is 5.73 Å². The first kappa shape index (κ1) is 9.97. The number of hydrogen-bond donors (Lipinski definition) is 1. The Morgan fingerprint density at radius 3 is 2.38 bits per heavy atom. The minimum absolute atomic E-state index is 0.185. The molecule has 0 fully saturated rings. The SMILES string of the molecule is N#CC(C(N)=S)c1ccc(Cl)cc1. The Hall–Kier alpha value is -1.11. The van der Waals surface area contributed by atoms with E-state index in [2.05, 4.69) is 0 Å². The summed E-state index contributed by atoms with van der Waals surface area (Å²) in [5.74, 6) is -0.521. The van der Waals surface area contributed by atoms with Gasteiger partial charge in [0, 0.05) is 5.02 Å². The van der Waals surface area contributed by atoms with Crippen LogP contribution in [0.2, 0.25) is 5.02 Å². The van der Waals surface area contributed by atoms with Gasteiger partial charge < -0.3 is 5.73 Å². The monoisotopic (exact) mass is 210 g/mol. The summed E-state index contributed by atoms with van der Waals surface area (Å²) in [6.45, 7) is 0. The first-order valence-electron chi connectivity index (χ1n) is 3.59. The molecule has 0 amide bonds. The molecule has 0 saturated carbocycles. The van der Waals surface area contributed by atoms with E-state index in [4.69, 9.17) is 34.8 Å². The molecule has 4 heteroatoms. The van der Waals surface area contributed by atoms with Crippen LogP contribution in [-0.2, 0) is 0 Å². The van der Waals surface area contributed by atoms with Crippen LogP contribution in [0.4, 0.5) is 0 Å². The van der Waals surface area contributed by atoms with Crippen LogP contribution in [0.3, 0.4) is 0 Å². The third-order valence-electron chi connectivity index (χ3n) is 1.62. The Bertz CT molecular complexity index is 353. The minimum atomic E-state index is -0.521. The van der Waals surface area contributed by atoms with Gasteiger partial charge in [0.25, 0.3) is 0 Å². The van der Waals surface area contributed by atoms with Gasteiger partial charge in [-0.25, -0.2) is 0 Å². The van der Waals surface area contributed by atoms with Crippen LogP contribution in [-0.4, -0.2) is 4.99 Å². The lowest BCUT2D eigenvalue weighted by molar-refractivity contribution is 1.15. The Labute approximate surface area is 86.9 Å². The molecule has 1 unspecified atom stereocenters. The second-order valence-electron chi connectivity index (χ2n) is 2.52. The average Bonchev–Trinajstić information content (AvgIpc) is 2.09. The van der Waals surface area contributed by atoms with Crippen molar-refractivity contribution in [2.24, 2.45) is 5.73 Å². The van der Waals surface area contributed by atoms with Gasteiger partial charge in [0.2, 0.25) is 0 Å². The molecule has 0 saturated heterocycles. The van der Waals surface area contributed by atoms with Gasteiger partial charge in [-0.2, -0.15) is 5.26 Å². The van der Waals surface area contributed by atoms with Crippen LogP contribution in [0, 0.1) is 11.3 Å². The molecule has 0 aliphatic rings. The summed E-state index contributed by atoms with van der Waals surface area (Å²) in [5.41, 5.74) is 6.17. The van der Waals surface area contributed by atoms with Crippen molar-refractivity contribution < 1.29 is 0 Å². The second kappa shape index (κ2) is 4.22. The molecule has 0 heterocycles. The predicted octanol–water partition coefficient (Wildman–Crippen LogP) is 2.23. The molecule has 2 N–H and O–H groups in total. The van der Waals surface area contributed by atoms with E-state index in [1.54, 1.807) is 24.3 Å². The van der Waals surface area contributed by atoms with Gasteiger partial charge in [-0.3, -0.25) is 0 Å². The molecule has 1 atom stereocenters. The van der Waals surface area contributed by atoms with Crippen LogP contribution in [0.25, 0.3) is 0 Å². The van der Waals surface area contributed by atoms with E-state index < -0.39 is 5.92 Å². The topological polar surface area (TPSA) is 49.8 Å². The van der Waals surface area contributed by atoms with Crippen molar-refractivity contribution in [3.63, 3.8) is 0 Å². The van der Waals surface area contributed by atoms with Gasteiger partial charge >= 0.3 is 0 Å². The van der Waals surface area contributed by atoms with Crippen molar-refractivity contribution in [2.45, 2.75) is 5.92 Å². The smallest absolute Gasteiger partial charge is 0.121 e. The fourth-order valence-electron chi connectivity index (χ4n) is 0.958. The molecule has 0 aliphatic carbocycles. The summed E-state index contributed by atoms with van der Waals surface area (Å²) < 4.78 is 0. The predicted molar refractivity (Wildman–Crippen MR) is 56.6 cm³/mol. The Morgan fingerprint density at radius 2 is 2.00 bits per heavy atom. The van der Waals surface area contributed by atoms with Crippen molar-refractivity contribution in [2.75, 3.05) is 0 Å². The Balaban J connectivity index is 3.01. The molecule has 0 spiro atoms. The second-order valence-corrected chi connectivity index (χ2v) is 3.42. The van der Waals surface area contributed by atoms with Gasteiger partial charge in [0.15, 0.2) is 0 Å². The number of nitrogens with two attached hydrogens (primary N) is 1. The molecule has 1 aromatic carbocycles. The number of thiocarbonyl (C=S) groups is 1. The quantitative estimate of drug-likeness (QED) is 0.762. The lowest BCUT2D eigenvalue weighted by atomic mass is 10.0. The highest BCUT2D eigenvalue weighted by Gasteiger charge is 2.12. The van der Waals surface area contributed by atoms with E-state index in [0.29, 0.717) is 5.02 Å². The van der Waals surface area contributed by atoms with Crippen molar-refractivity contribution >= 4 is 28.8 Å². The standard InChI is InChI=1S/C9H7ClN2S/c10-7-3-1-6(2-4-7)8(5-11)9(12)13/h1-4,8H,(H2,12,13).